The van der Waals surface area contributed by atoms with Crippen molar-refractivity contribution < 1.29 is 14.0 Å². The van der Waals surface area contributed by atoms with Gasteiger partial charge in [0.1, 0.15) is 11.1 Å². The molecule has 0 saturated heterocycles. The van der Waals surface area contributed by atoms with Gasteiger partial charge in [-0.1, -0.05) is 50.2 Å². The van der Waals surface area contributed by atoms with Crippen molar-refractivity contribution in [1.82, 2.24) is 0 Å². The van der Waals surface area contributed by atoms with Crippen LogP contribution in [0.15, 0.2) is 69.9 Å². The minimum absolute atomic E-state index is 0.0845. The average molecular weight is 373 g/mol. The molecule has 5 heteroatoms. The lowest BCUT2D eigenvalue weighted by Crippen LogP contribution is -2.30. The summed E-state index contributed by atoms with van der Waals surface area (Å²) in [6.07, 6.45) is 1.25. The van der Waals surface area contributed by atoms with Crippen molar-refractivity contribution in [3.8, 4) is 0 Å². The number of rotatable bonds is 4. The van der Waals surface area contributed by atoms with Gasteiger partial charge >= 0.3 is 5.63 Å². The molecule has 0 N–H and O–H groups in total. The van der Waals surface area contributed by atoms with E-state index in [2.05, 4.69) is 0 Å². The highest BCUT2D eigenvalue weighted by molar-refractivity contribution is 6.35. The van der Waals surface area contributed by atoms with Crippen LogP contribution in [0.2, 0.25) is 0 Å². The Bertz CT molecular complexity index is 1190. The van der Waals surface area contributed by atoms with Crippen LogP contribution in [0.5, 0.6) is 0 Å². The summed E-state index contributed by atoms with van der Waals surface area (Å²) in [4.78, 5) is 39.8. The molecule has 0 bridgehead atoms. The highest BCUT2D eigenvalue weighted by Crippen LogP contribution is 2.37. The molecule has 140 valence electrons. The van der Waals surface area contributed by atoms with Gasteiger partial charge in [-0.3, -0.25) is 9.59 Å². The van der Waals surface area contributed by atoms with Crippen molar-refractivity contribution in [2.24, 2.45) is 5.92 Å². The quantitative estimate of drug-likeness (QED) is 0.393. The van der Waals surface area contributed by atoms with Gasteiger partial charge in [-0.05, 0) is 30.2 Å². The molecule has 2 aromatic carbocycles. The van der Waals surface area contributed by atoms with Crippen LogP contribution in [0.1, 0.15) is 29.8 Å². The van der Waals surface area contributed by atoms with E-state index >= 15 is 0 Å². The van der Waals surface area contributed by atoms with Crippen molar-refractivity contribution in [1.29, 1.82) is 0 Å². The van der Waals surface area contributed by atoms with Crippen LogP contribution in [-0.2, 0) is 4.79 Å². The van der Waals surface area contributed by atoms with Gasteiger partial charge in [-0.25, -0.2) is 4.79 Å². The first-order valence-corrected chi connectivity index (χ1v) is 9.16. The first-order valence-electron chi connectivity index (χ1n) is 9.16. The summed E-state index contributed by atoms with van der Waals surface area (Å²) >= 11 is 0. The zero-order valence-electron chi connectivity index (χ0n) is 15.6. The molecule has 28 heavy (non-hydrogen) atoms. The molecule has 0 aliphatic carbocycles. The predicted octanol–water partition coefficient (Wildman–Crippen LogP) is 4.06. The molecule has 0 radical (unpaired) electrons. The summed E-state index contributed by atoms with van der Waals surface area (Å²) in [5.41, 5.74) is 1.41. The van der Waals surface area contributed by atoms with E-state index in [1.807, 2.05) is 38.1 Å². The third kappa shape index (κ3) is 3.05. The first-order chi connectivity index (χ1) is 13.5. The molecule has 1 aromatic heterocycles. The minimum atomic E-state index is -0.710. The van der Waals surface area contributed by atoms with Crippen molar-refractivity contribution in [2.45, 2.75) is 13.8 Å². The smallest absolute Gasteiger partial charge is 0.347 e. The second kappa shape index (κ2) is 6.93. The third-order valence-electron chi connectivity index (χ3n) is 4.69. The number of carbonyl (C=O) groups excluding carboxylic acids is 2. The minimum Gasteiger partial charge on any atom is -0.422 e. The highest BCUT2D eigenvalue weighted by Gasteiger charge is 2.33. The number of nitrogens with zero attached hydrogens (tertiary/aromatic N) is 1. The molecular formula is C23H19NO4. The summed E-state index contributed by atoms with van der Waals surface area (Å²) in [5, 5.41) is 0.656. The van der Waals surface area contributed by atoms with Gasteiger partial charge in [0.25, 0.3) is 5.91 Å². The van der Waals surface area contributed by atoms with Gasteiger partial charge in [0.15, 0.2) is 5.78 Å². The number of fused-ring (bicyclic) bond motifs is 2. The number of allylic oxidation sites excluding steroid dienone is 1. The average Bonchev–Trinajstić information content (AvgIpc) is 2.93. The molecule has 0 unspecified atom stereocenters. The Labute approximate surface area is 161 Å². The van der Waals surface area contributed by atoms with Gasteiger partial charge in [0, 0.05) is 17.5 Å². The monoisotopic (exact) mass is 373 g/mol. The molecule has 0 saturated carbocycles. The van der Waals surface area contributed by atoms with Crippen LogP contribution < -0.4 is 10.5 Å². The summed E-state index contributed by atoms with van der Waals surface area (Å²) in [7, 11) is 0. The van der Waals surface area contributed by atoms with Gasteiger partial charge in [-0.15, -0.1) is 0 Å². The fourth-order valence-electron chi connectivity index (χ4n) is 3.44. The van der Waals surface area contributed by atoms with Gasteiger partial charge in [-0.2, -0.15) is 0 Å². The van der Waals surface area contributed by atoms with Crippen molar-refractivity contribution in [2.75, 3.05) is 11.4 Å². The molecule has 0 spiro atoms. The second-order valence-electron chi connectivity index (χ2n) is 7.23. The van der Waals surface area contributed by atoms with E-state index in [0.29, 0.717) is 28.7 Å². The number of benzene rings is 2. The SMILES string of the molecule is CC(C)CN1C(=O)/C(=C\C(=O)c2cc3ccccc3oc2=O)c2ccccc21. The van der Waals surface area contributed by atoms with E-state index in [9.17, 15) is 14.4 Å². The van der Waals surface area contributed by atoms with Crippen molar-refractivity contribution in [3.05, 3.63) is 82.2 Å². The van der Waals surface area contributed by atoms with Gasteiger partial charge in [0.05, 0.1) is 11.3 Å². The molecule has 1 aliphatic heterocycles. The maximum absolute atomic E-state index is 13.0. The standard InChI is InChI=1S/C23H19NO4/c1-14(2)13-24-19-9-5-4-8-16(19)17(22(24)26)12-20(25)18-11-15-7-3-6-10-21(15)28-23(18)27/h3-12,14H,13H2,1-2H3/b17-12-. The number of amides is 1. The molecular weight excluding hydrogens is 354 g/mol. The number of hydrogen-bond acceptors (Lipinski definition) is 4. The number of para-hydroxylation sites is 2. The van der Waals surface area contributed by atoms with Crippen LogP contribution in [-0.4, -0.2) is 18.2 Å². The topological polar surface area (TPSA) is 67.6 Å². The van der Waals surface area contributed by atoms with Gasteiger partial charge in [0.2, 0.25) is 0 Å². The van der Waals surface area contributed by atoms with E-state index in [1.54, 1.807) is 29.2 Å². The largest absolute Gasteiger partial charge is 0.422 e. The number of anilines is 1. The summed E-state index contributed by atoms with van der Waals surface area (Å²) in [6, 6.07) is 15.9. The van der Waals surface area contributed by atoms with Crippen molar-refractivity contribution >= 4 is 33.9 Å². The predicted molar refractivity (Wildman–Crippen MR) is 108 cm³/mol. The number of carbonyl (C=O) groups is 2. The molecule has 5 nitrogen and oxygen atoms in total. The Kier molecular flexibility index (Phi) is 4.43. The normalized spacial score (nSPS) is 14.9. The van der Waals surface area contributed by atoms with Crippen LogP contribution in [0.25, 0.3) is 16.5 Å². The van der Waals surface area contributed by atoms with E-state index in [4.69, 9.17) is 4.42 Å². The lowest BCUT2D eigenvalue weighted by molar-refractivity contribution is -0.113. The van der Waals surface area contributed by atoms with Gasteiger partial charge < -0.3 is 9.32 Å². The van der Waals surface area contributed by atoms with Crippen LogP contribution >= 0.6 is 0 Å². The molecule has 1 aliphatic rings. The van der Waals surface area contributed by atoms with E-state index in [0.717, 1.165) is 5.69 Å². The van der Waals surface area contributed by atoms with Crippen molar-refractivity contribution in [3.63, 3.8) is 0 Å². The Hall–Kier alpha value is -3.47. The third-order valence-corrected chi connectivity index (χ3v) is 4.69. The summed E-state index contributed by atoms with van der Waals surface area (Å²) < 4.78 is 5.25. The summed E-state index contributed by atoms with van der Waals surface area (Å²) in [6.45, 7) is 4.62. The molecule has 0 atom stereocenters. The van der Waals surface area contributed by atoms with Crippen LogP contribution in [0.4, 0.5) is 5.69 Å². The highest BCUT2D eigenvalue weighted by atomic mass is 16.4. The molecule has 4 rings (SSSR count). The number of hydrogen-bond donors (Lipinski definition) is 0. The van der Waals surface area contributed by atoms with E-state index < -0.39 is 11.4 Å². The molecule has 3 aromatic rings. The maximum Gasteiger partial charge on any atom is 0.347 e. The zero-order valence-corrected chi connectivity index (χ0v) is 15.6. The zero-order chi connectivity index (χ0) is 19.8. The molecule has 2 heterocycles. The lowest BCUT2D eigenvalue weighted by atomic mass is 10.0. The van der Waals surface area contributed by atoms with Crippen LogP contribution in [0, 0.1) is 5.92 Å². The Balaban J connectivity index is 1.78. The second-order valence-corrected chi connectivity index (χ2v) is 7.23. The fraction of sp³-hybridized carbons (Fsp3) is 0.174. The lowest BCUT2D eigenvalue weighted by Gasteiger charge is -2.19. The first kappa shape index (κ1) is 17.9. The van der Waals surface area contributed by atoms with Crippen LogP contribution in [0.3, 0.4) is 0 Å². The van der Waals surface area contributed by atoms with E-state index in [1.165, 1.54) is 12.1 Å². The maximum atomic E-state index is 13.0. The van der Waals surface area contributed by atoms with E-state index in [-0.39, 0.29) is 17.4 Å². The Morgan fingerprint density at radius 2 is 1.79 bits per heavy atom. The fourth-order valence-corrected chi connectivity index (χ4v) is 3.44. The Morgan fingerprint density at radius 1 is 1.07 bits per heavy atom. The number of ketones is 1. The summed E-state index contributed by atoms with van der Waals surface area (Å²) in [5.74, 6) is -0.489. The Morgan fingerprint density at radius 3 is 2.57 bits per heavy atom. The molecule has 0 fully saturated rings. The molecule has 1 amide bonds.